The first-order valence-corrected chi connectivity index (χ1v) is 12.4. The van der Waals surface area contributed by atoms with Gasteiger partial charge < -0.3 is 10.2 Å². The highest BCUT2D eigenvalue weighted by Crippen LogP contribution is 2.29. The zero-order chi connectivity index (χ0) is 20.6. The molecule has 4 rings (SSSR count). The van der Waals surface area contributed by atoms with Crippen LogP contribution in [0.25, 0.3) is 0 Å². The summed E-state index contributed by atoms with van der Waals surface area (Å²) < 4.78 is 27.7. The van der Waals surface area contributed by atoms with Gasteiger partial charge in [0.1, 0.15) is 0 Å². The van der Waals surface area contributed by atoms with Crippen molar-refractivity contribution >= 4 is 15.9 Å². The monoisotopic (exact) mass is 419 g/mol. The zero-order valence-electron chi connectivity index (χ0n) is 17.6. The van der Waals surface area contributed by atoms with Gasteiger partial charge in [0.15, 0.2) is 0 Å². The third-order valence-electron chi connectivity index (χ3n) is 6.97. The molecule has 6 nitrogen and oxygen atoms in total. The number of sulfonamides is 1. The van der Waals surface area contributed by atoms with E-state index in [0.29, 0.717) is 36.7 Å². The molecule has 3 aliphatic rings. The first-order valence-electron chi connectivity index (χ1n) is 11.0. The summed E-state index contributed by atoms with van der Waals surface area (Å²) >= 11 is 0. The van der Waals surface area contributed by atoms with Crippen molar-refractivity contribution in [1.29, 1.82) is 0 Å². The van der Waals surface area contributed by atoms with Gasteiger partial charge in [0.2, 0.25) is 15.9 Å². The van der Waals surface area contributed by atoms with Crippen LogP contribution in [-0.4, -0.2) is 62.8 Å². The van der Waals surface area contributed by atoms with Crippen molar-refractivity contribution in [3.8, 4) is 0 Å². The highest BCUT2D eigenvalue weighted by atomic mass is 32.2. The molecule has 0 spiro atoms. The summed E-state index contributed by atoms with van der Waals surface area (Å²) in [5.41, 5.74) is 2.45. The summed E-state index contributed by atoms with van der Waals surface area (Å²) in [6.07, 6.45) is 5.29. The molecule has 1 aromatic rings. The number of benzene rings is 1. The standard InChI is InChI=1S/C22H33N3O3S/c1-16-15-24(2)11-10-21(16)23-22(26)18-8-12-25(13-9-18)29(27,28)20-7-6-17-4-3-5-19(17)14-20/h6-7,14,16,18,21H,3-5,8-13,15H2,1-2H3,(H,23,26). The maximum absolute atomic E-state index is 13.1. The van der Waals surface area contributed by atoms with Gasteiger partial charge in [0, 0.05) is 31.6 Å². The van der Waals surface area contributed by atoms with E-state index in [1.807, 2.05) is 12.1 Å². The molecule has 0 radical (unpaired) electrons. The smallest absolute Gasteiger partial charge is 0.243 e. The van der Waals surface area contributed by atoms with Crippen LogP contribution in [0, 0.1) is 11.8 Å². The minimum atomic E-state index is -3.48. The molecule has 2 atom stereocenters. The molecule has 0 bridgehead atoms. The van der Waals surface area contributed by atoms with Gasteiger partial charge in [0.05, 0.1) is 4.90 Å². The second-order valence-corrected chi connectivity index (χ2v) is 11.0. The molecule has 1 aliphatic carbocycles. The number of piperidine rings is 2. The lowest BCUT2D eigenvalue weighted by Gasteiger charge is -2.37. The number of aryl methyl sites for hydroxylation is 2. The summed E-state index contributed by atoms with van der Waals surface area (Å²) in [7, 11) is -1.36. The van der Waals surface area contributed by atoms with E-state index in [0.717, 1.165) is 38.8 Å². The number of likely N-dealkylation sites (tertiary alicyclic amines) is 1. The number of hydrogen-bond donors (Lipinski definition) is 1. The molecule has 1 N–H and O–H groups in total. The molecule has 2 aliphatic heterocycles. The molecular formula is C22H33N3O3S. The van der Waals surface area contributed by atoms with Gasteiger partial charge in [-0.2, -0.15) is 4.31 Å². The van der Waals surface area contributed by atoms with Gasteiger partial charge in [-0.15, -0.1) is 0 Å². The fourth-order valence-electron chi connectivity index (χ4n) is 5.09. The second kappa shape index (κ2) is 8.36. The minimum absolute atomic E-state index is 0.0895. The van der Waals surface area contributed by atoms with Crippen LogP contribution < -0.4 is 5.32 Å². The van der Waals surface area contributed by atoms with Gasteiger partial charge in [-0.05, 0) is 81.3 Å². The van der Waals surface area contributed by atoms with Crippen LogP contribution in [-0.2, 0) is 27.7 Å². The van der Waals surface area contributed by atoms with E-state index in [4.69, 9.17) is 0 Å². The zero-order valence-corrected chi connectivity index (χ0v) is 18.4. The van der Waals surface area contributed by atoms with Crippen LogP contribution in [0.4, 0.5) is 0 Å². The molecular weight excluding hydrogens is 386 g/mol. The summed E-state index contributed by atoms with van der Waals surface area (Å²) in [5.74, 6) is 0.451. The van der Waals surface area contributed by atoms with Crippen LogP contribution in [0.2, 0.25) is 0 Å². The molecule has 0 saturated carbocycles. The van der Waals surface area contributed by atoms with E-state index in [1.165, 1.54) is 11.1 Å². The van der Waals surface area contributed by atoms with Crippen LogP contribution in [0.15, 0.2) is 23.1 Å². The Hall–Kier alpha value is -1.44. The van der Waals surface area contributed by atoms with Crippen LogP contribution in [0.1, 0.15) is 43.7 Å². The van der Waals surface area contributed by atoms with Gasteiger partial charge in [-0.1, -0.05) is 13.0 Å². The van der Waals surface area contributed by atoms with Crippen molar-refractivity contribution in [2.24, 2.45) is 11.8 Å². The number of carbonyl (C=O) groups is 1. The molecule has 1 aromatic carbocycles. The Balaban J connectivity index is 1.34. The number of hydrogen-bond acceptors (Lipinski definition) is 4. The Labute approximate surface area is 174 Å². The summed E-state index contributed by atoms with van der Waals surface area (Å²) in [6.45, 7) is 5.03. The molecule has 1 amide bonds. The fourth-order valence-corrected chi connectivity index (χ4v) is 6.61. The van der Waals surface area contributed by atoms with Crippen molar-refractivity contribution < 1.29 is 13.2 Å². The lowest BCUT2D eigenvalue weighted by atomic mass is 9.92. The number of amides is 1. The lowest BCUT2D eigenvalue weighted by Crippen LogP contribution is -2.51. The largest absolute Gasteiger partial charge is 0.353 e. The normalized spacial score (nSPS) is 27.0. The molecule has 0 aromatic heterocycles. The number of nitrogens with zero attached hydrogens (tertiary/aromatic N) is 2. The Morgan fingerprint density at radius 3 is 2.52 bits per heavy atom. The maximum Gasteiger partial charge on any atom is 0.243 e. The van der Waals surface area contributed by atoms with Crippen molar-refractivity contribution in [1.82, 2.24) is 14.5 Å². The van der Waals surface area contributed by atoms with Gasteiger partial charge in [-0.3, -0.25) is 4.79 Å². The first-order chi connectivity index (χ1) is 13.8. The van der Waals surface area contributed by atoms with Gasteiger partial charge >= 0.3 is 0 Å². The summed E-state index contributed by atoms with van der Waals surface area (Å²) in [5, 5.41) is 3.24. The highest BCUT2D eigenvalue weighted by Gasteiger charge is 2.34. The van der Waals surface area contributed by atoms with E-state index >= 15 is 0 Å². The van der Waals surface area contributed by atoms with Crippen LogP contribution in [0.5, 0.6) is 0 Å². The lowest BCUT2D eigenvalue weighted by molar-refractivity contribution is -0.127. The van der Waals surface area contributed by atoms with Crippen molar-refractivity contribution in [2.75, 3.05) is 33.2 Å². The molecule has 2 heterocycles. The molecule has 2 saturated heterocycles. The number of rotatable bonds is 4. The van der Waals surface area contributed by atoms with Crippen LogP contribution in [0.3, 0.4) is 0 Å². The third kappa shape index (κ3) is 4.37. The van der Waals surface area contributed by atoms with E-state index in [2.05, 4.69) is 24.2 Å². The van der Waals surface area contributed by atoms with E-state index in [1.54, 1.807) is 10.4 Å². The Kier molecular flexibility index (Phi) is 6.00. The fraction of sp³-hybridized carbons (Fsp3) is 0.682. The minimum Gasteiger partial charge on any atom is -0.353 e. The average molecular weight is 420 g/mol. The number of carbonyl (C=O) groups excluding carboxylic acids is 1. The quantitative estimate of drug-likeness (QED) is 0.811. The molecule has 2 fully saturated rings. The maximum atomic E-state index is 13.1. The highest BCUT2D eigenvalue weighted by molar-refractivity contribution is 7.89. The molecule has 160 valence electrons. The first kappa shape index (κ1) is 20.8. The average Bonchev–Trinajstić information content (AvgIpc) is 3.18. The third-order valence-corrected chi connectivity index (χ3v) is 8.86. The van der Waals surface area contributed by atoms with E-state index in [9.17, 15) is 13.2 Å². The Morgan fingerprint density at radius 1 is 1.07 bits per heavy atom. The summed E-state index contributed by atoms with van der Waals surface area (Å²) in [6, 6.07) is 5.81. The van der Waals surface area contributed by atoms with Gasteiger partial charge in [-0.25, -0.2) is 8.42 Å². The predicted molar refractivity (Wildman–Crippen MR) is 113 cm³/mol. The van der Waals surface area contributed by atoms with Gasteiger partial charge in [0.25, 0.3) is 0 Å². The van der Waals surface area contributed by atoms with Crippen molar-refractivity contribution in [3.05, 3.63) is 29.3 Å². The second-order valence-electron chi connectivity index (χ2n) is 9.11. The SMILES string of the molecule is CC1CN(C)CCC1NC(=O)C1CCN(S(=O)(=O)c2ccc3c(c2)CCC3)CC1. The summed E-state index contributed by atoms with van der Waals surface area (Å²) in [4.78, 5) is 15.5. The Morgan fingerprint density at radius 2 is 1.79 bits per heavy atom. The molecule has 2 unspecified atom stereocenters. The van der Waals surface area contributed by atoms with Crippen molar-refractivity contribution in [3.63, 3.8) is 0 Å². The van der Waals surface area contributed by atoms with Crippen molar-refractivity contribution in [2.45, 2.75) is 56.4 Å². The van der Waals surface area contributed by atoms with E-state index < -0.39 is 10.0 Å². The van der Waals surface area contributed by atoms with E-state index in [-0.39, 0.29) is 17.9 Å². The number of nitrogens with one attached hydrogen (secondary N) is 1. The number of fused-ring (bicyclic) bond motifs is 1. The topological polar surface area (TPSA) is 69.7 Å². The Bertz CT molecular complexity index is 862. The molecule has 7 heteroatoms. The molecule has 29 heavy (non-hydrogen) atoms. The van der Waals surface area contributed by atoms with Crippen LogP contribution >= 0.6 is 0 Å². The predicted octanol–water partition coefficient (Wildman–Crippen LogP) is 2.03.